The van der Waals surface area contributed by atoms with E-state index < -0.39 is 6.04 Å². The first-order chi connectivity index (χ1) is 11.5. The van der Waals surface area contributed by atoms with Crippen molar-refractivity contribution < 1.29 is 18.7 Å². The van der Waals surface area contributed by atoms with E-state index in [1.54, 1.807) is 11.9 Å². The van der Waals surface area contributed by atoms with Gasteiger partial charge in [-0.15, -0.1) is 10.2 Å². The maximum Gasteiger partial charge on any atom is 0.270 e. The van der Waals surface area contributed by atoms with Gasteiger partial charge in [-0.05, 0) is 0 Å². The standard InChI is InChI=1S/C15H21N5O4/c1-9(2)13-16-17-14(24-13)11-8-23-7-6-20(11)15(22)10-4-5-12(21)19(3)18-10/h9,11H,4-8H2,1-3H3. The normalized spacial score (nSPS) is 22.1. The van der Waals surface area contributed by atoms with Gasteiger partial charge in [0.05, 0.1) is 13.2 Å². The molecule has 2 amide bonds. The van der Waals surface area contributed by atoms with Gasteiger partial charge < -0.3 is 14.1 Å². The minimum absolute atomic E-state index is 0.0939. The van der Waals surface area contributed by atoms with Gasteiger partial charge in [0, 0.05) is 32.4 Å². The number of ether oxygens (including phenoxy) is 1. The molecule has 0 saturated carbocycles. The van der Waals surface area contributed by atoms with Crippen molar-refractivity contribution in [2.75, 3.05) is 26.8 Å². The van der Waals surface area contributed by atoms with Gasteiger partial charge in [0.25, 0.3) is 5.91 Å². The molecule has 2 aliphatic rings. The minimum atomic E-state index is -0.433. The molecule has 3 heterocycles. The van der Waals surface area contributed by atoms with E-state index in [1.807, 2.05) is 13.8 Å². The molecule has 1 saturated heterocycles. The third-order valence-corrected chi connectivity index (χ3v) is 4.08. The molecule has 0 aromatic carbocycles. The van der Waals surface area contributed by atoms with Crippen LogP contribution in [0.15, 0.2) is 9.52 Å². The maximum atomic E-state index is 12.8. The molecule has 0 N–H and O–H groups in total. The summed E-state index contributed by atoms with van der Waals surface area (Å²) in [5.41, 5.74) is 0.368. The summed E-state index contributed by atoms with van der Waals surface area (Å²) in [6, 6.07) is -0.433. The summed E-state index contributed by atoms with van der Waals surface area (Å²) >= 11 is 0. The Bertz CT molecular complexity index is 669. The number of hydrogen-bond donors (Lipinski definition) is 0. The summed E-state index contributed by atoms with van der Waals surface area (Å²) in [5.74, 6) is 0.702. The molecule has 9 heteroatoms. The Balaban J connectivity index is 1.82. The summed E-state index contributed by atoms with van der Waals surface area (Å²) in [7, 11) is 1.55. The van der Waals surface area contributed by atoms with E-state index in [1.165, 1.54) is 5.01 Å². The van der Waals surface area contributed by atoms with E-state index >= 15 is 0 Å². The largest absolute Gasteiger partial charge is 0.423 e. The molecule has 0 aliphatic carbocycles. The van der Waals surface area contributed by atoms with Crippen molar-refractivity contribution in [1.82, 2.24) is 20.1 Å². The predicted octanol–water partition coefficient (Wildman–Crippen LogP) is 0.701. The zero-order valence-electron chi connectivity index (χ0n) is 14.1. The van der Waals surface area contributed by atoms with Crippen LogP contribution in [0, 0.1) is 0 Å². The van der Waals surface area contributed by atoms with Gasteiger partial charge in [-0.2, -0.15) is 5.10 Å². The average Bonchev–Trinajstić information content (AvgIpc) is 3.07. The van der Waals surface area contributed by atoms with Gasteiger partial charge in [-0.3, -0.25) is 9.59 Å². The molecular weight excluding hydrogens is 314 g/mol. The lowest BCUT2D eigenvalue weighted by Gasteiger charge is -2.34. The zero-order valence-corrected chi connectivity index (χ0v) is 14.1. The Hall–Kier alpha value is -2.29. The summed E-state index contributed by atoms with van der Waals surface area (Å²) < 4.78 is 11.2. The van der Waals surface area contributed by atoms with E-state index in [0.29, 0.717) is 43.7 Å². The SMILES string of the molecule is CC(C)c1nnc(C2COCCN2C(=O)C2=NN(C)C(=O)CC2)o1. The molecule has 2 aliphatic heterocycles. The number of rotatable bonds is 3. The fourth-order valence-corrected chi connectivity index (χ4v) is 2.66. The van der Waals surface area contributed by atoms with E-state index in [4.69, 9.17) is 9.15 Å². The van der Waals surface area contributed by atoms with Gasteiger partial charge >= 0.3 is 0 Å². The first kappa shape index (κ1) is 16.6. The number of amides is 2. The van der Waals surface area contributed by atoms with Gasteiger partial charge in [0.2, 0.25) is 17.7 Å². The van der Waals surface area contributed by atoms with Gasteiger partial charge in [0.1, 0.15) is 11.8 Å². The number of nitrogens with zero attached hydrogens (tertiary/aromatic N) is 5. The van der Waals surface area contributed by atoms with Crippen LogP contribution in [0.1, 0.15) is 50.4 Å². The van der Waals surface area contributed by atoms with E-state index in [9.17, 15) is 9.59 Å². The third kappa shape index (κ3) is 3.16. The fraction of sp³-hybridized carbons (Fsp3) is 0.667. The molecule has 0 radical (unpaired) electrons. The summed E-state index contributed by atoms with van der Waals surface area (Å²) in [4.78, 5) is 26.0. The van der Waals surface area contributed by atoms with Crippen molar-refractivity contribution >= 4 is 17.5 Å². The minimum Gasteiger partial charge on any atom is -0.423 e. The van der Waals surface area contributed by atoms with Gasteiger partial charge in [0.15, 0.2) is 0 Å². The molecule has 3 rings (SSSR count). The summed E-state index contributed by atoms with van der Waals surface area (Å²) in [6.45, 7) is 5.07. The monoisotopic (exact) mass is 335 g/mol. The number of carbonyl (C=O) groups is 2. The fourth-order valence-electron chi connectivity index (χ4n) is 2.66. The van der Waals surface area contributed by atoms with Crippen molar-refractivity contribution in [2.24, 2.45) is 5.10 Å². The molecule has 0 spiro atoms. The summed E-state index contributed by atoms with van der Waals surface area (Å²) in [6.07, 6.45) is 0.626. The van der Waals surface area contributed by atoms with Crippen molar-refractivity contribution in [3.05, 3.63) is 11.8 Å². The van der Waals surface area contributed by atoms with Crippen molar-refractivity contribution in [3.63, 3.8) is 0 Å². The number of aromatic nitrogens is 2. The van der Waals surface area contributed by atoms with Crippen LogP contribution in [0.3, 0.4) is 0 Å². The lowest BCUT2D eigenvalue weighted by molar-refractivity contribution is -0.134. The van der Waals surface area contributed by atoms with E-state index in [0.717, 1.165) is 0 Å². The van der Waals surface area contributed by atoms with Crippen LogP contribution in [-0.2, 0) is 14.3 Å². The van der Waals surface area contributed by atoms with Crippen LogP contribution >= 0.6 is 0 Å². The maximum absolute atomic E-state index is 12.8. The van der Waals surface area contributed by atoms with Crippen LogP contribution in [0.2, 0.25) is 0 Å². The smallest absolute Gasteiger partial charge is 0.270 e. The Morgan fingerprint density at radius 2 is 2.08 bits per heavy atom. The van der Waals surface area contributed by atoms with Crippen LogP contribution in [0.5, 0.6) is 0 Å². The summed E-state index contributed by atoms with van der Waals surface area (Å²) in [5, 5.41) is 13.4. The zero-order chi connectivity index (χ0) is 17.3. The van der Waals surface area contributed by atoms with Crippen LogP contribution in [-0.4, -0.2) is 64.4 Å². The molecule has 24 heavy (non-hydrogen) atoms. The van der Waals surface area contributed by atoms with Crippen molar-refractivity contribution in [2.45, 2.75) is 38.6 Å². The van der Waals surface area contributed by atoms with Crippen LogP contribution in [0.25, 0.3) is 0 Å². The topological polar surface area (TPSA) is 101 Å². The highest BCUT2D eigenvalue weighted by molar-refractivity contribution is 6.39. The van der Waals surface area contributed by atoms with Crippen LogP contribution < -0.4 is 0 Å². The quantitative estimate of drug-likeness (QED) is 0.806. The molecule has 0 bridgehead atoms. The molecule has 9 nitrogen and oxygen atoms in total. The van der Waals surface area contributed by atoms with Crippen molar-refractivity contribution in [3.8, 4) is 0 Å². The Kier molecular flexibility index (Phi) is 4.61. The second-order valence-corrected chi connectivity index (χ2v) is 6.19. The number of carbonyl (C=O) groups excluding carboxylic acids is 2. The molecule has 1 unspecified atom stereocenters. The van der Waals surface area contributed by atoms with E-state index in [2.05, 4.69) is 15.3 Å². The molecular formula is C15H21N5O4. The Morgan fingerprint density at radius 3 is 2.75 bits per heavy atom. The lowest BCUT2D eigenvalue weighted by atomic mass is 10.1. The first-order valence-electron chi connectivity index (χ1n) is 8.03. The second-order valence-electron chi connectivity index (χ2n) is 6.19. The van der Waals surface area contributed by atoms with Crippen molar-refractivity contribution in [1.29, 1.82) is 0 Å². The number of hydrazone groups is 1. The van der Waals surface area contributed by atoms with Gasteiger partial charge in [-0.25, -0.2) is 5.01 Å². The Labute approximate surface area is 139 Å². The van der Waals surface area contributed by atoms with Crippen LogP contribution in [0.4, 0.5) is 0 Å². The molecule has 130 valence electrons. The molecule has 1 atom stereocenters. The highest BCUT2D eigenvalue weighted by Crippen LogP contribution is 2.26. The predicted molar refractivity (Wildman–Crippen MR) is 83.1 cm³/mol. The van der Waals surface area contributed by atoms with E-state index in [-0.39, 0.29) is 24.2 Å². The molecule has 1 aromatic rings. The number of hydrogen-bond acceptors (Lipinski definition) is 7. The molecule has 1 aromatic heterocycles. The average molecular weight is 335 g/mol. The molecule has 1 fully saturated rings. The highest BCUT2D eigenvalue weighted by Gasteiger charge is 2.36. The Morgan fingerprint density at radius 1 is 1.29 bits per heavy atom. The van der Waals surface area contributed by atoms with Gasteiger partial charge in [-0.1, -0.05) is 13.8 Å². The third-order valence-electron chi connectivity index (χ3n) is 4.08. The lowest BCUT2D eigenvalue weighted by Crippen LogP contribution is -2.47. The number of morpholine rings is 1. The second kappa shape index (κ2) is 6.68. The first-order valence-corrected chi connectivity index (χ1v) is 8.03. The highest BCUT2D eigenvalue weighted by atomic mass is 16.5.